The molecule has 4 saturated carbocycles. The normalized spacial score (nSPS) is 29.0. The Hall–Kier alpha value is -4.98. The number of aliphatic hydroxyl groups is 4. The van der Waals surface area contributed by atoms with Crippen LogP contribution in [0, 0.1) is 58.2 Å². The highest BCUT2D eigenvalue weighted by Crippen LogP contribution is 2.68. The van der Waals surface area contributed by atoms with Crippen LogP contribution in [0.15, 0.2) is 87.4 Å². The molecule has 0 aromatic heterocycles. The van der Waals surface area contributed by atoms with E-state index in [0.29, 0.717) is 117 Å². The maximum absolute atomic E-state index is 13.1. The van der Waals surface area contributed by atoms with E-state index in [2.05, 4.69) is 50.4 Å². The first-order chi connectivity index (χ1) is 46.1. The molecule has 10 N–H and O–H groups in total. The third-order valence-corrected chi connectivity index (χ3v) is 26.9. The Kier molecular flexibility index (Phi) is 25.7. The largest absolute Gasteiger partial charge is 0.390 e. The molecule has 28 heteroatoms. The predicted molar refractivity (Wildman–Crippen MR) is 378 cm³/mol. The number of nitrogens with zero attached hydrogens (tertiary/aromatic N) is 3. The molecular formula is C71H108N5O19S4+. The van der Waals surface area contributed by atoms with Gasteiger partial charge in [0.25, 0.3) is 46.4 Å². The summed E-state index contributed by atoms with van der Waals surface area (Å²) < 4.78 is 138. The van der Waals surface area contributed by atoms with Crippen molar-refractivity contribution < 1.29 is 91.3 Å². The minimum absolute atomic E-state index is 0.0133. The van der Waals surface area contributed by atoms with Gasteiger partial charge in [0.2, 0.25) is 11.6 Å². The number of amides is 2. The van der Waals surface area contributed by atoms with Crippen molar-refractivity contribution in [3.8, 4) is 0 Å². The number of carbonyl (C=O) groups excluding carboxylic acids is 2. The minimum Gasteiger partial charge on any atom is -0.390 e. The molecular weight excluding hydrogens is 1360 g/mol. The zero-order chi connectivity index (χ0) is 73.0. The molecule has 0 saturated heterocycles. The second kappa shape index (κ2) is 31.9. The van der Waals surface area contributed by atoms with Crippen LogP contribution in [0.5, 0.6) is 0 Å². The number of fused-ring (bicyclic) bond motifs is 7. The molecule has 4 fully saturated rings. The molecule has 8 rings (SSSR count). The van der Waals surface area contributed by atoms with Gasteiger partial charge in [-0.25, -0.2) is 0 Å². The fraction of sp³-hybridized carbons (Fsp3) is 0.690. The van der Waals surface area contributed by atoms with Crippen molar-refractivity contribution in [1.82, 2.24) is 10.6 Å². The third-order valence-electron chi connectivity index (χ3n) is 23.6. The number of oxime groups is 1. The standard InChI is InChI=1S/C71H107N5O19S4/c1-45(2)46(3)66(81)67(82)47(4)51-26-27-52-50-41-57(54-42-60(77)61(78)43-71(54,9)53(50)30-32-69(51,52)7)74-95-44-65(80)73-34-18-12-17-33-72-64(79)23-15-11-16-31-70(8)56-40-49(99(92,93)94)25-29-59(56)76(36-20-38-97(86,87)88)63(70)22-14-10-13-21-62-68(5,6)55-39-48(98(89,90)91)24-28-58(55)75(62)35-19-37-96(83,84)85/h10,13-14,21-22,24-25,28-29,39-40,45-47,50-54,60-61,66-67,77-78,81-82H,11-12,15-20,23,26-27,30-38,41-44H2,1-9H3,(H5-,72,73,79,80,83,84,85,86,87,88,89,90,91,92,93,94)/p+1/t46-,47-,50-,51+,52-,53-,54+,60-,61+,66+,67+,69+,70?,71+/m0/s1. The first-order valence-corrected chi connectivity index (χ1v) is 41.3. The fourth-order valence-electron chi connectivity index (χ4n) is 17.9. The van der Waals surface area contributed by atoms with Crippen molar-refractivity contribution in [3.63, 3.8) is 0 Å². The van der Waals surface area contributed by atoms with E-state index in [0.717, 1.165) is 37.8 Å². The summed E-state index contributed by atoms with van der Waals surface area (Å²) in [4.78, 5) is 33.2. The van der Waals surface area contributed by atoms with Gasteiger partial charge in [-0.15, -0.1) is 0 Å². The molecule has 14 atom stereocenters. The smallest absolute Gasteiger partial charge is 0.294 e. The van der Waals surface area contributed by atoms with E-state index >= 15 is 0 Å². The summed E-state index contributed by atoms with van der Waals surface area (Å²) in [6.45, 7) is 19.1. The number of carbonyl (C=O) groups is 2. The van der Waals surface area contributed by atoms with Crippen molar-refractivity contribution in [3.05, 3.63) is 83.6 Å². The second-order valence-corrected chi connectivity index (χ2v) is 36.6. The van der Waals surface area contributed by atoms with Gasteiger partial charge in [-0.1, -0.05) is 77.8 Å². The number of aliphatic hydroxyl groups excluding tert-OH is 4. The van der Waals surface area contributed by atoms with Crippen LogP contribution in [0.2, 0.25) is 0 Å². The van der Waals surface area contributed by atoms with E-state index in [4.69, 9.17) is 4.84 Å². The van der Waals surface area contributed by atoms with Crippen LogP contribution in [0.4, 0.5) is 11.4 Å². The molecule has 2 amide bonds. The number of hydrogen-bond acceptors (Lipinski definition) is 17. The lowest BCUT2D eigenvalue weighted by Crippen LogP contribution is -2.60. The average molecular weight is 1460 g/mol. The van der Waals surface area contributed by atoms with E-state index in [1.54, 1.807) is 30.4 Å². The van der Waals surface area contributed by atoms with Gasteiger partial charge < -0.3 is 40.8 Å². The van der Waals surface area contributed by atoms with Crippen molar-refractivity contribution in [2.24, 2.45) is 63.3 Å². The first kappa shape index (κ1) is 79.7. The lowest BCUT2D eigenvalue weighted by atomic mass is 9.43. The van der Waals surface area contributed by atoms with Crippen LogP contribution in [-0.2, 0) is 65.7 Å². The van der Waals surface area contributed by atoms with Gasteiger partial charge in [-0.3, -0.25) is 27.8 Å². The van der Waals surface area contributed by atoms with Crippen molar-refractivity contribution >= 4 is 75.1 Å². The molecule has 1 unspecified atom stereocenters. The van der Waals surface area contributed by atoms with Crippen LogP contribution >= 0.6 is 0 Å². The Morgan fingerprint density at radius 2 is 1.32 bits per heavy atom. The number of unbranched alkanes of at least 4 members (excludes halogenated alkanes) is 4. The maximum Gasteiger partial charge on any atom is 0.294 e. The van der Waals surface area contributed by atoms with Crippen LogP contribution in [0.25, 0.3) is 0 Å². The molecule has 2 heterocycles. The van der Waals surface area contributed by atoms with Gasteiger partial charge in [-0.2, -0.15) is 38.2 Å². The van der Waals surface area contributed by atoms with Gasteiger partial charge >= 0.3 is 0 Å². The molecule has 2 aromatic rings. The first-order valence-electron chi connectivity index (χ1n) is 35.2. The fourth-order valence-corrected chi connectivity index (χ4v) is 19.9. The summed E-state index contributed by atoms with van der Waals surface area (Å²) in [6.07, 6.45) is 15.0. The van der Waals surface area contributed by atoms with Crippen LogP contribution in [0.1, 0.15) is 183 Å². The monoisotopic (exact) mass is 1460 g/mol. The highest BCUT2D eigenvalue weighted by Gasteiger charge is 2.64. The topological polar surface area (TPSA) is 384 Å². The quantitative estimate of drug-likeness (QED) is 0.0105. The van der Waals surface area contributed by atoms with E-state index in [-0.39, 0.29) is 107 Å². The molecule has 0 spiro atoms. The Morgan fingerprint density at radius 3 is 1.97 bits per heavy atom. The van der Waals surface area contributed by atoms with Crippen molar-refractivity contribution in [2.75, 3.05) is 49.2 Å². The van der Waals surface area contributed by atoms with Gasteiger partial charge in [0, 0.05) is 72.9 Å². The lowest BCUT2D eigenvalue weighted by Gasteiger charge is -2.61. The molecule has 554 valence electrons. The highest BCUT2D eigenvalue weighted by molar-refractivity contribution is 7.86. The summed E-state index contributed by atoms with van der Waals surface area (Å²) in [5.41, 5.74) is 2.10. The van der Waals surface area contributed by atoms with Gasteiger partial charge in [-0.05, 0) is 198 Å². The Balaban J connectivity index is 0.836. The summed E-state index contributed by atoms with van der Waals surface area (Å²) in [7, 11) is -17.9. The zero-order valence-electron chi connectivity index (χ0n) is 58.8. The van der Waals surface area contributed by atoms with E-state index in [9.17, 15) is 81.9 Å². The molecule has 0 radical (unpaired) electrons. The molecule has 4 aliphatic carbocycles. The molecule has 2 aromatic carbocycles. The molecule has 0 bridgehead atoms. The molecule has 2 aliphatic heterocycles. The summed E-state index contributed by atoms with van der Waals surface area (Å²) in [5.74, 6) is -0.489. The Bertz CT molecular complexity index is 3890. The number of benzene rings is 2. The van der Waals surface area contributed by atoms with Crippen molar-refractivity contribution in [1.29, 1.82) is 0 Å². The summed E-state index contributed by atoms with van der Waals surface area (Å²) in [5, 5.41) is 55.4. The zero-order valence-corrected chi connectivity index (χ0v) is 62.1. The molecule has 99 heavy (non-hydrogen) atoms. The Morgan fingerprint density at radius 1 is 0.707 bits per heavy atom. The van der Waals surface area contributed by atoms with Gasteiger partial charge in [0.05, 0.1) is 56.8 Å². The number of anilines is 1. The second-order valence-electron chi connectivity index (χ2n) is 30.6. The lowest BCUT2D eigenvalue weighted by molar-refractivity contribution is -0.437. The number of rotatable bonds is 33. The molecule has 24 nitrogen and oxygen atoms in total. The Labute approximate surface area is 586 Å². The summed E-state index contributed by atoms with van der Waals surface area (Å²) >= 11 is 0. The van der Waals surface area contributed by atoms with E-state index < -0.39 is 87.2 Å². The third kappa shape index (κ3) is 18.5. The van der Waals surface area contributed by atoms with E-state index in [1.807, 2.05) is 37.2 Å². The average Bonchev–Trinajstić information content (AvgIpc) is 1.70. The van der Waals surface area contributed by atoms with Crippen LogP contribution < -0.4 is 15.5 Å². The van der Waals surface area contributed by atoms with Crippen LogP contribution in [-0.4, -0.2) is 169 Å². The van der Waals surface area contributed by atoms with Crippen LogP contribution in [0.3, 0.4) is 0 Å². The van der Waals surface area contributed by atoms with Crippen molar-refractivity contribution in [2.45, 2.75) is 217 Å². The predicted octanol–water partition coefficient (Wildman–Crippen LogP) is 8.86. The SMILES string of the molecule is CC(C)[C@H](C)[C@@H](O)[C@H](O)[C@@H](C)[C@H]1CC[C@H]2[C@@H]3CC(=NOCC(=O)NCCCCCNC(=O)CCCCCC4(C)C(=CC=CC=CC5=[N+](CCCS(=O)(=O)O)c6ccc(S(=O)(=O)O)cc6C5(C)C)N(CCCS(=O)(=O)O)c5ccc(S(=O)(=O)O)cc54)[C@H]4C[C@H](O)[C@H](O)C[C@]4(C)[C@H]3CC[C@]12C. The van der Waals surface area contributed by atoms with Gasteiger partial charge in [0.15, 0.2) is 12.3 Å². The van der Waals surface area contributed by atoms with Gasteiger partial charge in [0.1, 0.15) is 6.54 Å². The maximum atomic E-state index is 13.1. The summed E-state index contributed by atoms with van der Waals surface area (Å²) in [6, 6.07) is 8.30. The number of allylic oxidation sites excluding steroid dienone is 6. The highest BCUT2D eigenvalue weighted by atomic mass is 32.2. The number of hydrogen-bond donors (Lipinski definition) is 10. The minimum atomic E-state index is -4.67. The number of nitrogens with one attached hydrogen (secondary N) is 2. The van der Waals surface area contributed by atoms with E-state index in [1.165, 1.54) is 36.4 Å². The molecule has 6 aliphatic rings.